The first kappa shape index (κ1) is 21.5. The van der Waals surface area contributed by atoms with Gasteiger partial charge in [-0.2, -0.15) is 5.26 Å². The third-order valence-corrected chi connectivity index (χ3v) is 5.87. The number of aryl methyl sites for hydroxylation is 1. The molecule has 0 spiro atoms. The number of nitrogens with zero attached hydrogens (tertiary/aromatic N) is 4. The molecule has 4 rings (SSSR count). The van der Waals surface area contributed by atoms with Crippen molar-refractivity contribution in [2.24, 2.45) is 0 Å². The number of amides is 1. The van der Waals surface area contributed by atoms with Gasteiger partial charge in [0, 0.05) is 31.7 Å². The Morgan fingerprint density at radius 3 is 2.69 bits per heavy atom. The molecule has 1 aliphatic heterocycles. The zero-order valence-electron chi connectivity index (χ0n) is 17.8. The molecule has 2 aromatic carbocycles. The Balaban J connectivity index is 1.53. The molecule has 1 aromatic heterocycles. The summed E-state index contributed by atoms with van der Waals surface area (Å²) >= 11 is 6.37. The van der Waals surface area contributed by atoms with Crippen LogP contribution >= 0.6 is 11.6 Å². The van der Waals surface area contributed by atoms with Gasteiger partial charge < -0.3 is 24.8 Å². The van der Waals surface area contributed by atoms with Crippen LogP contribution in [0.2, 0.25) is 5.02 Å². The number of ether oxygens (including phenoxy) is 1. The zero-order chi connectivity index (χ0) is 22.8. The fourth-order valence-corrected chi connectivity index (χ4v) is 4.10. The minimum absolute atomic E-state index is 0.133. The number of halogens is 1. The van der Waals surface area contributed by atoms with Crippen LogP contribution in [0.5, 0.6) is 5.75 Å². The number of rotatable bonds is 4. The average Bonchev–Trinajstić information content (AvgIpc) is 3.21. The van der Waals surface area contributed by atoms with Crippen LogP contribution < -0.4 is 15.4 Å². The van der Waals surface area contributed by atoms with Gasteiger partial charge in [-0.25, -0.2) is 0 Å². The molecular formula is C23H22ClN5O3. The standard InChI is InChI=1S/C23H22ClN5O3/c1-14-21(22(27-32-14)15-4-3-5-17(10-15)31-2)23(30)29-8-6-28(7-9-29)20-12-19(26)16(13-25)11-18(20)24/h3-5,10-12H,6-9,26H2,1-2H3. The largest absolute Gasteiger partial charge is 0.497 e. The summed E-state index contributed by atoms with van der Waals surface area (Å²) in [7, 11) is 1.59. The van der Waals surface area contributed by atoms with Gasteiger partial charge >= 0.3 is 0 Å². The Bertz CT molecular complexity index is 1210. The maximum atomic E-state index is 13.4. The van der Waals surface area contributed by atoms with Crippen molar-refractivity contribution >= 4 is 28.9 Å². The van der Waals surface area contributed by atoms with Gasteiger partial charge in [0.2, 0.25) is 0 Å². The molecule has 2 heterocycles. The van der Waals surface area contributed by atoms with Crippen molar-refractivity contribution in [2.45, 2.75) is 6.92 Å². The molecule has 0 radical (unpaired) electrons. The van der Waals surface area contributed by atoms with E-state index in [9.17, 15) is 4.79 Å². The van der Waals surface area contributed by atoms with Gasteiger partial charge in [0.25, 0.3) is 5.91 Å². The maximum absolute atomic E-state index is 13.4. The van der Waals surface area contributed by atoms with Crippen LogP contribution in [-0.4, -0.2) is 49.3 Å². The molecule has 2 N–H and O–H groups in total. The van der Waals surface area contributed by atoms with E-state index in [0.717, 1.165) is 11.3 Å². The smallest absolute Gasteiger partial charge is 0.259 e. The zero-order valence-corrected chi connectivity index (χ0v) is 18.5. The van der Waals surface area contributed by atoms with E-state index < -0.39 is 0 Å². The second-order valence-corrected chi connectivity index (χ2v) is 7.88. The van der Waals surface area contributed by atoms with E-state index in [1.54, 1.807) is 31.1 Å². The van der Waals surface area contributed by atoms with Crippen LogP contribution in [-0.2, 0) is 0 Å². The number of hydrogen-bond donors (Lipinski definition) is 1. The minimum atomic E-state index is -0.133. The number of nitriles is 1. The molecule has 0 aliphatic carbocycles. The molecule has 32 heavy (non-hydrogen) atoms. The molecule has 0 bridgehead atoms. The van der Waals surface area contributed by atoms with Crippen LogP contribution in [0.15, 0.2) is 40.9 Å². The number of carbonyl (C=O) groups is 1. The second-order valence-electron chi connectivity index (χ2n) is 7.48. The average molecular weight is 452 g/mol. The summed E-state index contributed by atoms with van der Waals surface area (Å²) in [6.45, 7) is 3.89. The first-order chi connectivity index (χ1) is 15.4. The number of nitrogens with two attached hydrogens (primary N) is 1. The van der Waals surface area contributed by atoms with E-state index in [0.29, 0.717) is 65.2 Å². The van der Waals surface area contributed by atoms with Crippen molar-refractivity contribution in [3.63, 3.8) is 0 Å². The van der Waals surface area contributed by atoms with E-state index in [1.807, 2.05) is 30.3 Å². The molecular weight excluding hydrogens is 430 g/mol. The van der Waals surface area contributed by atoms with Gasteiger partial charge in [-0.15, -0.1) is 0 Å². The number of carbonyl (C=O) groups excluding carboxylic acids is 1. The van der Waals surface area contributed by atoms with Crippen LogP contribution in [0.3, 0.4) is 0 Å². The lowest BCUT2D eigenvalue weighted by molar-refractivity contribution is 0.0745. The highest BCUT2D eigenvalue weighted by Crippen LogP contribution is 2.32. The predicted octanol–water partition coefficient (Wildman–Crippen LogP) is 3.73. The number of nitrogen functional groups attached to an aromatic ring is 1. The molecule has 1 saturated heterocycles. The molecule has 1 fully saturated rings. The highest BCUT2D eigenvalue weighted by molar-refractivity contribution is 6.33. The summed E-state index contributed by atoms with van der Waals surface area (Å²) in [5.74, 6) is 1.01. The summed E-state index contributed by atoms with van der Waals surface area (Å²) in [5, 5.41) is 13.7. The van der Waals surface area contributed by atoms with Gasteiger partial charge in [0.1, 0.15) is 28.8 Å². The molecule has 8 nitrogen and oxygen atoms in total. The molecule has 0 saturated carbocycles. The Morgan fingerprint density at radius 2 is 2.00 bits per heavy atom. The fourth-order valence-electron chi connectivity index (χ4n) is 3.82. The van der Waals surface area contributed by atoms with E-state index in [4.69, 9.17) is 31.9 Å². The lowest BCUT2D eigenvalue weighted by Crippen LogP contribution is -2.49. The van der Waals surface area contributed by atoms with Crippen molar-refractivity contribution in [1.82, 2.24) is 10.1 Å². The lowest BCUT2D eigenvalue weighted by atomic mass is 10.0. The first-order valence-corrected chi connectivity index (χ1v) is 10.4. The van der Waals surface area contributed by atoms with E-state index in [-0.39, 0.29) is 5.91 Å². The SMILES string of the molecule is COc1cccc(-c2noc(C)c2C(=O)N2CCN(c3cc(N)c(C#N)cc3Cl)CC2)c1. The number of hydrogen-bond acceptors (Lipinski definition) is 7. The predicted molar refractivity (Wildman–Crippen MR) is 122 cm³/mol. The molecule has 9 heteroatoms. The highest BCUT2D eigenvalue weighted by atomic mass is 35.5. The molecule has 0 unspecified atom stereocenters. The van der Waals surface area contributed by atoms with Crippen molar-refractivity contribution in [1.29, 1.82) is 5.26 Å². The van der Waals surface area contributed by atoms with Gasteiger partial charge in [0.15, 0.2) is 0 Å². The third kappa shape index (κ3) is 3.95. The number of methoxy groups -OCH3 is 1. The van der Waals surface area contributed by atoms with E-state index in [2.05, 4.69) is 10.1 Å². The highest BCUT2D eigenvalue weighted by Gasteiger charge is 2.29. The molecule has 1 aliphatic rings. The Kier molecular flexibility index (Phi) is 5.93. The van der Waals surface area contributed by atoms with Crippen molar-refractivity contribution in [2.75, 3.05) is 43.9 Å². The fraction of sp³-hybridized carbons (Fsp3) is 0.261. The summed E-state index contributed by atoms with van der Waals surface area (Å²) in [6.07, 6.45) is 0. The topological polar surface area (TPSA) is 109 Å². The first-order valence-electron chi connectivity index (χ1n) is 10.1. The Hall–Kier alpha value is -3.70. The molecule has 0 atom stereocenters. The van der Waals surface area contributed by atoms with Gasteiger partial charge in [-0.05, 0) is 31.2 Å². The normalized spacial score (nSPS) is 13.7. The van der Waals surface area contributed by atoms with E-state index in [1.165, 1.54) is 0 Å². The number of aromatic nitrogens is 1. The van der Waals surface area contributed by atoms with Gasteiger partial charge in [-0.3, -0.25) is 4.79 Å². The molecule has 1 amide bonds. The minimum Gasteiger partial charge on any atom is -0.497 e. The third-order valence-electron chi connectivity index (χ3n) is 5.57. The monoisotopic (exact) mass is 451 g/mol. The second kappa shape index (κ2) is 8.81. The number of anilines is 2. The van der Waals surface area contributed by atoms with Crippen molar-refractivity contribution < 1.29 is 14.1 Å². The van der Waals surface area contributed by atoms with Crippen LogP contribution in [0.4, 0.5) is 11.4 Å². The van der Waals surface area contributed by atoms with Crippen LogP contribution in [0.1, 0.15) is 21.7 Å². The molecule has 164 valence electrons. The lowest BCUT2D eigenvalue weighted by Gasteiger charge is -2.36. The number of piperazine rings is 1. The Morgan fingerprint density at radius 1 is 1.25 bits per heavy atom. The quantitative estimate of drug-likeness (QED) is 0.602. The van der Waals surface area contributed by atoms with Gasteiger partial charge in [0.05, 0.1) is 29.1 Å². The summed E-state index contributed by atoms with van der Waals surface area (Å²) in [6, 6.07) is 12.7. The van der Waals surface area contributed by atoms with Crippen LogP contribution in [0.25, 0.3) is 11.3 Å². The van der Waals surface area contributed by atoms with Crippen molar-refractivity contribution in [3.05, 3.63) is 58.3 Å². The maximum Gasteiger partial charge on any atom is 0.259 e. The van der Waals surface area contributed by atoms with Crippen molar-refractivity contribution in [3.8, 4) is 23.1 Å². The summed E-state index contributed by atoms with van der Waals surface area (Å²) in [5.41, 5.74) is 9.15. The summed E-state index contributed by atoms with van der Waals surface area (Å²) in [4.78, 5) is 17.2. The van der Waals surface area contributed by atoms with Gasteiger partial charge in [-0.1, -0.05) is 28.9 Å². The molecule has 3 aromatic rings. The van der Waals surface area contributed by atoms with Crippen LogP contribution in [0, 0.1) is 18.3 Å². The number of benzene rings is 2. The summed E-state index contributed by atoms with van der Waals surface area (Å²) < 4.78 is 10.7. The van der Waals surface area contributed by atoms with E-state index >= 15 is 0 Å². The Labute approximate surface area is 190 Å².